The summed E-state index contributed by atoms with van der Waals surface area (Å²) >= 11 is 0. The first-order valence-electron chi connectivity index (χ1n) is 3.32. The van der Waals surface area contributed by atoms with Crippen molar-refractivity contribution in [1.82, 2.24) is 5.32 Å². The number of nitrogens with one attached hydrogen (secondary N) is 1. The van der Waals surface area contributed by atoms with E-state index in [1.807, 2.05) is 0 Å². The van der Waals surface area contributed by atoms with Crippen LogP contribution in [0.25, 0.3) is 0 Å². The van der Waals surface area contributed by atoms with Crippen molar-refractivity contribution in [3.63, 3.8) is 0 Å². The van der Waals surface area contributed by atoms with Crippen molar-refractivity contribution in [2.45, 2.75) is 6.42 Å². The zero-order valence-corrected chi connectivity index (χ0v) is 5.95. The van der Waals surface area contributed by atoms with E-state index < -0.39 is 0 Å². The standard InChI is InChI=1S/C6H9N3O2/c10-4-3-7-6(11)5-1-2-8-9-5/h2,10H,1,3-4H2,(H,7,11). The van der Waals surface area contributed by atoms with Crippen LogP contribution in [0.2, 0.25) is 0 Å². The lowest BCUT2D eigenvalue weighted by atomic mass is 10.3. The smallest absolute Gasteiger partial charge is 0.268 e. The van der Waals surface area contributed by atoms with Gasteiger partial charge in [0.1, 0.15) is 5.71 Å². The van der Waals surface area contributed by atoms with Gasteiger partial charge in [-0.15, -0.1) is 5.10 Å². The third-order valence-electron chi connectivity index (χ3n) is 1.20. The Morgan fingerprint density at radius 1 is 1.82 bits per heavy atom. The van der Waals surface area contributed by atoms with E-state index in [9.17, 15) is 4.79 Å². The largest absolute Gasteiger partial charge is 0.395 e. The molecular formula is C6H9N3O2. The summed E-state index contributed by atoms with van der Waals surface area (Å²) in [6.07, 6.45) is 2.05. The average Bonchev–Trinajstić information content (AvgIpc) is 2.52. The molecule has 0 atom stereocenters. The van der Waals surface area contributed by atoms with Gasteiger partial charge in [0.25, 0.3) is 5.91 Å². The van der Waals surface area contributed by atoms with Crippen LogP contribution in [-0.4, -0.2) is 36.1 Å². The Morgan fingerprint density at radius 2 is 2.64 bits per heavy atom. The number of hydrogen-bond donors (Lipinski definition) is 2. The van der Waals surface area contributed by atoms with Crippen LogP contribution in [0, 0.1) is 0 Å². The second-order valence-electron chi connectivity index (χ2n) is 2.03. The highest BCUT2D eigenvalue weighted by Crippen LogP contribution is 1.93. The molecule has 0 bridgehead atoms. The lowest BCUT2D eigenvalue weighted by Crippen LogP contribution is -2.32. The van der Waals surface area contributed by atoms with Crippen molar-refractivity contribution < 1.29 is 9.90 Å². The van der Waals surface area contributed by atoms with Crippen molar-refractivity contribution in [1.29, 1.82) is 0 Å². The van der Waals surface area contributed by atoms with Crippen molar-refractivity contribution in [2.75, 3.05) is 13.2 Å². The van der Waals surface area contributed by atoms with E-state index in [0.717, 1.165) is 0 Å². The summed E-state index contributed by atoms with van der Waals surface area (Å²) < 4.78 is 0. The first-order valence-corrected chi connectivity index (χ1v) is 3.32. The molecule has 1 aliphatic heterocycles. The van der Waals surface area contributed by atoms with Crippen LogP contribution in [0.4, 0.5) is 0 Å². The van der Waals surface area contributed by atoms with Gasteiger partial charge in [-0.2, -0.15) is 5.10 Å². The molecule has 1 heterocycles. The van der Waals surface area contributed by atoms with E-state index in [1.54, 1.807) is 6.21 Å². The second-order valence-corrected chi connectivity index (χ2v) is 2.03. The lowest BCUT2D eigenvalue weighted by Gasteiger charge is -1.99. The van der Waals surface area contributed by atoms with Gasteiger partial charge in [0, 0.05) is 19.2 Å². The Labute approximate surface area is 63.8 Å². The fourth-order valence-corrected chi connectivity index (χ4v) is 0.688. The van der Waals surface area contributed by atoms with Crippen LogP contribution in [0.15, 0.2) is 10.2 Å². The summed E-state index contributed by atoms with van der Waals surface area (Å²) in [7, 11) is 0. The number of aliphatic hydroxyl groups is 1. The predicted molar refractivity (Wildman–Crippen MR) is 40.6 cm³/mol. The molecular weight excluding hydrogens is 146 g/mol. The maximum atomic E-state index is 11.0. The maximum absolute atomic E-state index is 11.0. The topological polar surface area (TPSA) is 74.0 Å². The minimum atomic E-state index is -0.253. The molecule has 0 fully saturated rings. The zero-order chi connectivity index (χ0) is 8.10. The molecule has 0 unspecified atom stereocenters. The second kappa shape index (κ2) is 3.82. The van der Waals surface area contributed by atoms with Crippen molar-refractivity contribution in [3.8, 4) is 0 Å². The number of carbonyl (C=O) groups excluding carboxylic acids is 1. The van der Waals surface area contributed by atoms with Gasteiger partial charge in [0.15, 0.2) is 0 Å². The Hall–Kier alpha value is -1.23. The molecule has 0 saturated heterocycles. The van der Waals surface area contributed by atoms with Gasteiger partial charge in [-0.05, 0) is 0 Å². The van der Waals surface area contributed by atoms with Crippen LogP contribution >= 0.6 is 0 Å². The van der Waals surface area contributed by atoms with E-state index in [2.05, 4.69) is 15.5 Å². The van der Waals surface area contributed by atoms with E-state index in [4.69, 9.17) is 5.11 Å². The number of hydrogen-bond acceptors (Lipinski definition) is 4. The monoisotopic (exact) mass is 155 g/mol. The molecule has 0 aromatic heterocycles. The summed E-state index contributed by atoms with van der Waals surface area (Å²) in [5, 5.41) is 18.0. The molecule has 0 saturated carbocycles. The number of nitrogens with zero attached hydrogens (tertiary/aromatic N) is 2. The van der Waals surface area contributed by atoms with Crippen LogP contribution < -0.4 is 5.32 Å². The van der Waals surface area contributed by atoms with Gasteiger partial charge in [0.2, 0.25) is 0 Å². The van der Waals surface area contributed by atoms with Gasteiger partial charge in [-0.1, -0.05) is 0 Å². The molecule has 0 radical (unpaired) electrons. The van der Waals surface area contributed by atoms with Gasteiger partial charge < -0.3 is 10.4 Å². The van der Waals surface area contributed by atoms with Crippen LogP contribution in [-0.2, 0) is 4.79 Å². The van der Waals surface area contributed by atoms with Crippen LogP contribution in [0.5, 0.6) is 0 Å². The number of carbonyl (C=O) groups is 1. The van der Waals surface area contributed by atoms with Crippen molar-refractivity contribution in [2.24, 2.45) is 10.2 Å². The summed E-state index contributed by atoms with van der Waals surface area (Å²) in [6.45, 7) is 0.206. The van der Waals surface area contributed by atoms with Gasteiger partial charge in [0.05, 0.1) is 6.61 Å². The molecule has 2 N–H and O–H groups in total. The fourth-order valence-electron chi connectivity index (χ4n) is 0.688. The highest BCUT2D eigenvalue weighted by atomic mass is 16.3. The molecule has 60 valence electrons. The minimum absolute atomic E-state index is 0.0557. The molecule has 5 heteroatoms. The molecule has 0 aromatic carbocycles. The quantitative estimate of drug-likeness (QED) is 0.544. The fraction of sp³-hybridized carbons (Fsp3) is 0.500. The van der Waals surface area contributed by atoms with Gasteiger partial charge in [-0.25, -0.2) is 0 Å². The Morgan fingerprint density at radius 3 is 3.18 bits per heavy atom. The molecule has 1 rings (SSSR count). The van der Waals surface area contributed by atoms with Crippen molar-refractivity contribution >= 4 is 17.8 Å². The highest BCUT2D eigenvalue weighted by Gasteiger charge is 2.11. The Balaban J connectivity index is 2.31. The lowest BCUT2D eigenvalue weighted by molar-refractivity contribution is -0.115. The van der Waals surface area contributed by atoms with E-state index in [0.29, 0.717) is 12.1 Å². The summed E-state index contributed by atoms with van der Waals surface area (Å²) in [6, 6.07) is 0. The van der Waals surface area contributed by atoms with Crippen molar-refractivity contribution in [3.05, 3.63) is 0 Å². The third kappa shape index (κ3) is 2.12. The molecule has 0 aliphatic carbocycles. The van der Waals surface area contributed by atoms with E-state index >= 15 is 0 Å². The Bertz CT molecular complexity index is 210. The molecule has 11 heavy (non-hydrogen) atoms. The minimum Gasteiger partial charge on any atom is -0.395 e. The summed E-state index contributed by atoms with van der Waals surface area (Å²) in [5.74, 6) is -0.253. The molecule has 1 amide bonds. The SMILES string of the molecule is O=C(NCCO)C1=NN=CC1. The molecule has 1 aliphatic rings. The zero-order valence-electron chi connectivity index (χ0n) is 5.95. The number of amides is 1. The van der Waals surface area contributed by atoms with Gasteiger partial charge >= 0.3 is 0 Å². The number of aliphatic hydroxyl groups excluding tert-OH is 1. The molecule has 0 aromatic rings. The normalized spacial score (nSPS) is 14.8. The first kappa shape index (κ1) is 7.87. The summed E-state index contributed by atoms with van der Waals surface area (Å²) in [5.41, 5.74) is 0.401. The highest BCUT2D eigenvalue weighted by molar-refractivity contribution is 6.41. The maximum Gasteiger partial charge on any atom is 0.268 e. The van der Waals surface area contributed by atoms with E-state index in [1.165, 1.54) is 0 Å². The molecule has 5 nitrogen and oxygen atoms in total. The first-order chi connectivity index (χ1) is 5.34. The molecule has 0 spiro atoms. The van der Waals surface area contributed by atoms with Crippen LogP contribution in [0.1, 0.15) is 6.42 Å². The number of rotatable bonds is 3. The predicted octanol–water partition coefficient (Wildman–Crippen LogP) is -1.07. The average molecular weight is 155 g/mol. The third-order valence-corrected chi connectivity index (χ3v) is 1.20. The Kier molecular flexibility index (Phi) is 2.74. The van der Waals surface area contributed by atoms with Crippen LogP contribution in [0.3, 0.4) is 0 Å². The summed E-state index contributed by atoms with van der Waals surface area (Å²) in [4.78, 5) is 11.0. The van der Waals surface area contributed by atoms with Gasteiger partial charge in [-0.3, -0.25) is 4.79 Å². The van der Waals surface area contributed by atoms with E-state index in [-0.39, 0.29) is 19.1 Å².